The van der Waals surface area contributed by atoms with Gasteiger partial charge in [-0.25, -0.2) is 0 Å². The molecule has 20 heavy (non-hydrogen) atoms. The van der Waals surface area contributed by atoms with E-state index in [2.05, 4.69) is 30.6 Å². The van der Waals surface area contributed by atoms with Crippen molar-refractivity contribution in [2.24, 2.45) is 16.9 Å². The van der Waals surface area contributed by atoms with Crippen LogP contribution in [0.3, 0.4) is 0 Å². The molecule has 0 bridgehead atoms. The van der Waals surface area contributed by atoms with Crippen molar-refractivity contribution in [1.29, 1.82) is 0 Å². The molecule has 1 aliphatic heterocycles. The van der Waals surface area contributed by atoms with E-state index in [9.17, 15) is 5.11 Å². The zero-order chi connectivity index (χ0) is 15.3. The van der Waals surface area contributed by atoms with Crippen molar-refractivity contribution in [1.82, 2.24) is 9.80 Å². The third-order valence-corrected chi connectivity index (χ3v) is 3.87. The average molecular weight is 282 g/mol. The molecular weight excluding hydrogens is 252 g/mol. The molecule has 0 aromatic rings. The predicted molar refractivity (Wildman–Crippen MR) is 83.7 cm³/mol. The highest BCUT2D eigenvalue weighted by atomic mass is 16.3. The van der Waals surface area contributed by atoms with Crippen LogP contribution in [0, 0.1) is 5.41 Å². The number of aliphatic hydroxyl groups excluding tert-OH is 1. The van der Waals surface area contributed by atoms with E-state index in [0.29, 0.717) is 0 Å². The largest absolute Gasteiger partial charge is 0.402 e. The molecule has 5 heteroatoms. The Morgan fingerprint density at radius 3 is 2.15 bits per heavy atom. The Morgan fingerprint density at radius 2 is 1.70 bits per heavy atom. The number of nitrogens with zero attached hydrogens (tertiary/aromatic N) is 2. The van der Waals surface area contributed by atoms with Crippen molar-refractivity contribution in [3.8, 4) is 0 Å². The number of piperazine rings is 1. The molecule has 0 saturated carbocycles. The van der Waals surface area contributed by atoms with Crippen molar-refractivity contribution in [3.05, 3.63) is 23.7 Å². The lowest BCUT2D eigenvalue weighted by Gasteiger charge is -2.38. The second-order valence-corrected chi connectivity index (χ2v) is 6.52. The minimum Gasteiger partial charge on any atom is -0.402 e. The van der Waals surface area contributed by atoms with E-state index < -0.39 is 0 Å². The maximum Gasteiger partial charge on any atom is 0.0987 e. The summed E-state index contributed by atoms with van der Waals surface area (Å²) >= 11 is 0. The molecule has 0 aromatic heterocycles. The number of aliphatic hydroxyl groups is 1. The lowest BCUT2D eigenvalue weighted by atomic mass is 9.92. The molecule has 0 radical (unpaired) electrons. The summed E-state index contributed by atoms with van der Waals surface area (Å²) in [6, 6.07) is 0.221. The molecule has 0 amide bonds. The SMILES string of the molecule is CC(CO)N1CCN(/C(N)=C/C=C(\N)C(C)(C)C)CC1. The summed E-state index contributed by atoms with van der Waals surface area (Å²) in [5, 5.41) is 9.17. The van der Waals surface area contributed by atoms with Crippen molar-refractivity contribution in [3.63, 3.8) is 0 Å². The first-order valence-electron chi connectivity index (χ1n) is 7.29. The number of hydrogen-bond donors (Lipinski definition) is 3. The number of hydrogen-bond acceptors (Lipinski definition) is 5. The first-order chi connectivity index (χ1) is 9.25. The minimum atomic E-state index is -0.0357. The third-order valence-electron chi connectivity index (χ3n) is 3.87. The second-order valence-electron chi connectivity index (χ2n) is 6.52. The Hall–Kier alpha value is -1.20. The van der Waals surface area contributed by atoms with Crippen LogP contribution >= 0.6 is 0 Å². The number of nitrogens with two attached hydrogens (primary N) is 2. The molecule has 1 fully saturated rings. The smallest absolute Gasteiger partial charge is 0.0987 e. The van der Waals surface area contributed by atoms with Crippen LogP contribution in [0.5, 0.6) is 0 Å². The first-order valence-corrected chi connectivity index (χ1v) is 7.29. The van der Waals surface area contributed by atoms with E-state index >= 15 is 0 Å². The fraction of sp³-hybridized carbons (Fsp3) is 0.733. The molecule has 5 N–H and O–H groups in total. The van der Waals surface area contributed by atoms with Crippen LogP contribution in [-0.4, -0.2) is 53.7 Å². The van der Waals surface area contributed by atoms with E-state index in [0.717, 1.165) is 37.7 Å². The summed E-state index contributed by atoms with van der Waals surface area (Å²) in [5.41, 5.74) is 12.9. The van der Waals surface area contributed by atoms with Gasteiger partial charge in [0.15, 0.2) is 0 Å². The van der Waals surface area contributed by atoms with Gasteiger partial charge in [-0.2, -0.15) is 0 Å². The highest BCUT2D eigenvalue weighted by Crippen LogP contribution is 2.20. The van der Waals surface area contributed by atoms with Gasteiger partial charge >= 0.3 is 0 Å². The van der Waals surface area contributed by atoms with Gasteiger partial charge < -0.3 is 21.5 Å². The van der Waals surface area contributed by atoms with Gasteiger partial charge in [0, 0.05) is 43.3 Å². The van der Waals surface area contributed by atoms with Crippen LogP contribution in [0.15, 0.2) is 23.7 Å². The van der Waals surface area contributed by atoms with E-state index in [1.54, 1.807) is 0 Å². The van der Waals surface area contributed by atoms with Gasteiger partial charge in [-0.3, -0.25) is 4.90 Å². The molecule has 116 valence electrons. The normalized spacial score (nSPS) is 21.1. The molecule has 1 atom stereocenters. The first kappa shape index (κ1) is 16.9. The van der Waals surface area contributed by atoms with Gasteiger partial charge in [-0.15, -0.1) is 0 Å². The number of allylic oxidation sites excluding steroid dienone is 3. The summed E-state index contributed by atoms with van der Waals surface area (Å²) in [7, 11) is 0. The van der Waals surface area contributed by atoms with Gasteiger partial charge in [-0.05, 0) is 19.1 Å². The van der Waals surface area contributed by atoms with Crippen LogP contribution in [-0.2, 0) is 0 Å². The van der Waals surface area contributed by atoms with E-state index in [1.165, 1.54) is 0 Å². The van der Waals surface area contributed by atoms with Gasteiger partial charge in [0.05, 0.1) is 12.4 Å². The Labute approximate surface area is 122 Å². The van der Waals surface area contributed by atoms with Crippen LogP contribution in [0.4, 0.5) is 0 Å². The van der Waals surface area contributed by atoms with Gasteiger partial charge in [0.25, 0.3) is 0 Å². The average Bonchev–Trinajstić information content (AvgIpc) is 2.42. The summed E-state index contributed by atoms with van der Waals surface area (Å²) in [4.78, 5) is 4.44. The Balaban J connectivity index is 2.57. The lowest BCUT2D eigenvalue weighted by molar-refractivity contribution is 0.0859. The predicted octanol–water partition coefficient (Wildman–Crippen LogP) is 0.674. The van der Waals surface area contributed by atoms with Crippen molar-refractivity contribution >= 4 is 0 Å². The summed E-state index contributed by atoms with van der Waals surface area (Å²) < 4.78 is 0. The van der Waals surface area contributed by atoms with Crippen molar-refractivity contribution in [2.45, 2.75) is 33.7 Å². The summed E-state index contributed by atoms with van der Waals surface area (Å²) in [6.45, 7) is 12.1. The second kappa shape index (κ2) is 6.99. The Kier molecular flexibility index (Phi) is 5.89. The molecule has 1 aliphatic rings. The zero-order valence-corrected chi connectivity index (χ0v) is 13.3. The highest BCUT2D eigenvalue weighted by molar-refractivity contribution is 5.18. The minimum absolute atomic E-state index is 0.0357. The monoisotopic (exact) mass is 282 g/mol. The van der Waals surface area contributed by atoms with E-state index in [1.807, 2.05) is 19.1 Å². The fourth-order valence-corrected chi connectivity index (χ4v) is 2.07. The summed E-state index contributed by atoms with van der Waals surface area (Å²) in [5.74, 6) is 0.758. The molecule has 5 nitrogen and oxygen atoms in total. The standard InChI is InChI=1S/C15H30N4O/c1-12(11-20)18-7-9-19(10-8-18)14(17)6-5-13(16)15(2,3)4/h5-6,12,20H,7-11,16-17H2,1-4H3/b13-5-,14-6+. The molecular formula is C15H30N4O. The van der Waals surface area contributed by atoms with Crippen LogP contribution < -0.4 is 11.5 Å². The van der Waals surface area contributed by atoms with E-state index in [4.69, 9.17) is 11.5 Å². The molecule has 1 unspecified atom stereocenters. The van der Waals surface area contributed by atoms with Gasteiger partial charge in [0.2, 0.25) is 0 Å². The topological polar surface area (TPSA) is 78.8 Å². The third kappa shape index (κ3) is 4.72. The van der Waals surface area contributed by atoms with Crippen LogP contribution in [0.25, 0.3) is 0 Å². The molecule has 0 aromatic carbocycles. The van der Waals surface area contributed by atoms with Gasteiger partial charge in [0.1, 0.15) is 0 Å². The van der Waals surface area contributed by atoms with Crippen LogP contribution in [0.1, 0.15) is 27.7 Å². The number of rotatable bonds is 4. The molecule has 0 aliphatic carbocycles. The van der Waals surface area contributed by atoms with Gasteiger partial charge in [-0.1, -0.05) is 20.8 Å². The lowest BCUT2D eigenvalue weighted by Crippen LogP contribution is -2.50. The van der Waals surface area contributed by atoms with E-state index in [-0.39, 0.29) is 18.1 Å². The maximum atomic E-state index is 9.17. The van der Waals surface area contributed by atoms with Crippen molar-refractivity contribution in [2.75, 3.05) is 32.8 Å². The maximum absolute atomic E-state index is 9.17. The summed E-state index contributed by atoms with van der Waals surface area (Å²) in [6.07, 6.45) is 3.80. The molecule has 1 rings (SSSR count). The quantitative estimate of drug-likeness (QED) is 0.661. The Bertz CT molecular complexity index is 363. The molecule has 1 heterocycles. The zero-order valence-electron chi connectivity index (χ0n) is 13.3. The molecule has 1 saturated heterocycles. The highest BCUT2D eigenvalue weighted by Gasteiger charge is 2.20. The Morgan fingerprint density at radius 1 is 1.15 bits per heavy atom. The fourth-order valence-electron chi connectivity index (χ4n) is 2.07. The van der Waals surface area contributed by atoms with Crippen LogP contribution in [0.2, 0.25) is 0 Å². The van der Waals surface area contributed by atoms with Crippen molar-refractivity contribution < 1.29 is 5.11 Å². The molecule has 0 spiro atoms.